The SMILES string of the molecule is CC(=O)N(C)[C@H]1CCCC[C@@H]1N1CCCC1.CN[C@H]1CCCC[C@@H]1N1CCCC1. The van der Waals surface area contributed by atoms with Gasteiger partial charge in [-0.3, -0.25) is 14.6 Å². The smallest absolute Gasteiger partial charge is 0.219 e. The quantitative estimate of drug-likeness (QED) is 0.776. The van der Waals surface area contributed by atoms with Gasteiger partial charge >= 0.3 is 0 Å². The normalized spacial score (nSPS) is 33.9. The van der Waals surface area contributed by atoms with Crippen molar-refractivity contribution in [2.45, 2.75) is 108 Å². The van der Waals surface area contributed by atoms with Crippen molar-refractivity contribution in [1.29, 1.82) is 0 Å². The molecule has 2 aliphatic carbocycles. The van der Waals surface area contributed by atoms with E-state index in [9.17, 15) is 4.79 Å². The molecule has 2 aliphatic heterocycles. The average molecular weight is 407 g/mol. The van der Waals surface area contributed by atoms with Crippen LogP contribution in [0.2, 0.25) is 0 Å². The van der Waals surface area contributed by atoms with Gasteiger partial charge in [-0.1, -0.05) is 25.7 Å². The standard InChI is InChI=1S/C13H24N2O.C11H22N2/c1-11(16)14(2)12-7-3-4-8-13(12)15-9-5-6-10-15;1-12-10-6-2-3-7-11(10)13-8-4-5-9-13/h12-13H,3-10H2,1-2H3;10-12H,2-9H2,1H3/t12-,13-;10-,11-/m00/s1. The summed E-state index contributed by atoms with van der Waals surface area (Å²) in [5.41, 5.74) is 0. The van der Waals surface area contributed by atoms with Crippen LogP contribution in [0.1, 0.15) is 84.0 Å². The van der Waals surface area contributed by atoms with E-state index in [1.165, 1.54) is 103 Å². The summed E-state index contributed by atoms with van der Waals surface area (Å²) in [5.74, 6) is 0.219. The number of rotatable bonds is 4. The lowest BCUT2D eigenvalue weighted by Gasteiger charge is -2.42. The number of carbonyl (C=O) groups excluding carboxylic acids is 1. The summed E-state index contributed by atoms with van der Waals surface area (Å²) in [4.78, 5) is 18.8. The van der Waals surface area contributed by atoms with Gasteiger partial charge in [0.15, 0.2) is 0 Å². The summed E-state index contributed by atoms with van der Waals surface area (Å²) >= 11 is 0. The van der Waals surface area contributed by atoms with Gasteiger partial charge in [0, 0.05) is 38.1 Å². The molecule has 5 heteroatoms. The average Bonchev–Trinajstić information content (AvgIpc) is 3.48. The molecular weight excluding hydrogens is 360 g/mol. The van der Waals surface area contributed by atoms with Gasteiger partial charge in [-0.2, -0.15) is 0 Å². The van der Waals surface area contributed by atoms with Crippen molar-refractivity contribution < 1.29 is 4.79 Å². The van der Waals surface area contributed by atoms with Gasteiger partial charge in [0.25, 0.3) is 0 Å². The van der Waals surface area contributed by atoms with Crippen molar-refractivity contribution in [3.63, 3.8) is 0 Å². The highest BCUT2D eigenvalue weighted by Crippen LogP contribution is 2.29. The van der Waals surface area contributed by atoms with E-state index in [1.54, 1.807) is 6.92 Å². The number of likely N-dealkylation sites (tertiary alicyclic amines) is 2. The Labute approximate surface area is 179 Å². The number of carbonyl (C=O) groups is 1. The van der Waals surface area contributed by atoms with Crippen LogP contribution in [0.15, 0.2) is 0 Å². The number of nitrogens with zero attached hydrogens (tertiary/aromatic N) is 3. The molecule has 4 aliphatic rings. The number of nitrogens with one attached hydrogen (secondary N) is 1. The number of hydrogen-bond acceptors (Lipinski definition) is 4. The first-order valence-electron chi connectivity index (χ1n) is 12.5. The number of likely N-dealkylation sites (N-methyl/N-ethyl adjacent to an activating group) is 2. The molecule has 4 atom stereocenters. The molecule has 0 aromatic heterocycles. The van der Waals surface area contributed by atoms with E-state index in [2.05, 4.69) is 22.2 Å². The van der Waals surface area contributed by atoms with Gasteiger partial charge in [0.05, 0.1) is 0 Å². The maximum Gasteiger partial charge on any atom is 0.219 e. The molecule has 1 N–H and O–H groups in total. The predicted molar refractivity (Wildman–Crippen MR) is 121 cm³/mol. The Bertz CT molecular complexity index is 485. The van der Waals surface area contributed by atoms with Crippen LogP contribution >= 0.6 is 0 Å². The second kappa shape index (κ2) is 11.7. The van der Waals surface area contributed by atoms with Crippen molar-refractivity contribution in [3.05, 3.63) is 0 Å². The lowest BCUT2D eigenvalue weighted by atomic mass is 9.88. The first kappa shape index (κ1) is 23.0. The molecule has 0 radical (unpaired) electrons. The lowest BCUT2D eigenvalue weighted by molar-refractivity contribution is -0.131. The summed E-state index contributed by atoms with van der Waals surface area (Å²) in [7, 11) is 4.10. The van der Waals surface area contributed by atoms with E-state index >= 15 is 0 Å². The van der Waals surface area contributed by atoms with Crippen LogP contribution in [0.25, 0.3) is 0 Å². The summed E-state index contributed by atoms with van der Waals surface area (Å²) in [6, 6.07) is 2.71. The molecule has 168 valence electrons. The summed E-state index contributed by atoms with van der Waals surface area (Å²) in [6.07, 6.45) is 16.3. The minimum Gasteiger partial charge on any atom is -0.341 e. The largest absolute Gasteiger partial charge is 0.341 e. The molecule has 2 heterocycles. The van der Waals surface area contributed by atoms with E-state index in [0.717, 1.165) is 12.1 Å². The van der Waals surface area contributed by atoms with E-state index in [4.69, 9.17) is 0 Å². The Kier molecular flexibility index (Phi) is 9.26. The topological polar surface area (TPSA) is 38.8 Å². The Morgan fingerprint density at radius 1 is 0.759 bits per heavy atom. The Balaban J connectivity index is 0.000000169. The monoisotopic (exact) mass is 406 g/mol. The minimum atomic E-state index is 0.219. The fourth-order valence-corrected chi connectivity index (χ4v) is 6.23. The van der Waals surface area contributed by atoms with Crippen LogP contribution in [-0.4, -0.2) is 85.0 Å². The van der Waals surface area contributed by atoms with Gasteiger partial charge < -0.3 is 10.2 Å². The number of hydrogen-bond donors (Lipinski definition) is 1. The van der Waals surface area contributed by atoms with Gasteiger partial charge in [0.2, 0.25) is 5.91 Å². The highest BCUT2D eigenvalue weighted by molar-refractivity contribution is 5.73. The number of amides is 1. The summed E-state index contributed by atoms with van der Waals surface area (Å²) in [5, 5.41) is 3.49. The maximum atomic E-state index is 11.5. The lowest BCUT2D eigenvalue weighted by Crippen LogP contribution is -2.52. The maximum absolute atomic E-state index is 11.5. The van der Waals surface area contributed by atoms with Crippen molar-refractivity contribution in [2.24, 2.45) is 0 Å². The third-order valence-electron chi connectivity index (χ3n) is 8.01. The fourth-order valence-electron chi connectivity index (χ4n) is 6.23. The zero-order valence-corrected chi connectivity index (χ0v) is 19.4. The Hall–Kier alpha value is -0.650. The van der Waals surface area contributed by atoms with E-state index in [1.807, 2.05) is 11.9 Å². The van der Waals surface area contributed by atoms with Crippen molar-refractivity contribution in [2.75, 3.05) is 40.3 Å². The first-order valence-corrected chi connectivity index (χ1v) is 12.5. The first-order chi connectivity index (χ1) is 14.1. The molecule has 29 heavy (non-hydrogen) atoms. The molecule has 4 fully saturated rings. The van der Waals surface area contributed by atoms with Crippen LogP contribution in [0.3, 0.4) is 0 Å². The van der Waals surface area contributed by atoms with Crippen molar-refractivity contribution in [3.8, 4) is 0 Å². The van der Waals surface area contributed by atoms with Crippen LogP contribution < -0.4 is 5.32 Å². The van der Waals surface area contributed by atoms with Gasteiger partial charge in [0.1, 0.15) is 0 Å². The second-order valence-corrected chi connectivity index (χ2v) is 9.78. The predicted octanol–water partition coefficient (Wildman–Crippen LogP) is 3.48. The zero-order chi connectivity index (χ0) is 20.6. The molecule has 0 spiro atoms. The van der Waals surface area contributed by atoms with Gasteiger partial charge in [-0.15, -0.1) is 0 Å². The fraction of sp³-hybridized carbons (Fsp3) is 0.958. The third-order valence-corrected chi connectivity index (χ3v) is 8.01. The molecule has 0 aromatic carbocycles. The van der Waals surface area contributed by atoms with Crippen molar-refractivity contribution in [1.82, 2.24) is 20.0 Å². The van der Waals surface area contributed by atoms with E-state index in [-0.39, 0.29) is 5.91 Å². The van der Waals surface area contributed by atoms with Crippen LogP contribution in [0, 0.1) is 0 Å². The molecule has 0 unspecified atom stereocenters. The third kappa shape index (κ3) is 6.18. The van der Waals surface area contributed by atoms with Crippen LogP contribution in [-0.2, 0) is 4.79 Å². The second-order valence-electron chi connectivity index (χ2n) is 9.78. The van der Waals surface area contributed by atoms with Gasteiger partial charge in [-0.05, 0) is 84.6 Å². The molecular formula is C24H46N4O. The Morgan fingerprint density at radius 3 is 1.79 bits per heavy atom. The highest BCUT2D eigenvalue weighted by Gasteiger charge is 2.34. The molecule has 2 saturated heterocycles. The van der Waals surface area contributed by atoms with Crippen molar-refractivity contribution >= 4 is 5.91 Å². The van der Waals surface area contributed by atoms with E-state index < -0.39 is 0 Å². The summed E-state index contributed by atoms with van der Waals surface area (Å²) < 4.78 is 0. The van der Waals surface area contributed by atoms with Gasteiger partial charge in [-0.25, -0.2) is 0 Å². The minimum absolute atomic E-state index is 0.219. The molecule has 0 aromatic rings. The van der Waals surface area contributed by atoms with Crippen LogP contribution in [0.5, 0.6) is 0 Å². The highest BCUT2D eigenvalue weighted by atomic mass is 16.2. The molecule has 5 nitrogen and oxygen atoms in total. The van der Waals surface area contributed by atoms with E-state index in [0.29, 0.717) is 12.1 Å². The molecule has 4 rings (SSSR count). The molecule has 2 saturated carbocycles. The van der Waals surface area contributed by atoms with Crippen LogP contribution in [0.4, 0.5) is 0 Å². The summed E-state index contributed by atoms with van der Waals surface area (Å²) in [6.45, 7) is 6.88. The Morgan fingerprint density at radius 2 is 1.24 bits per heavy atom. The molecule has 0 bridgehead atoms. The molecule has 1 amide bonds. The zero-order valence-electron chi connectivity index (χ0n) is 19.4.